The topological polar surface area (TPSA) is 48.1 Å². The van der Waals surface area contributed by atoms with E-state index in [0.717, 1.165) is 30.7 Å². The number of H-pyrrole nitrogens is 1. The van der Waals surface area contributed by atoms with Crippen molar-refractivity contribution in [1.29, 1.82) is 0 Å². The Labute approximate surface area is 205 Å². The number of anilines is 1. The zero-order valence-corrected chi connectivity index (χ0v) is 20.2. The molecule has 2 N–H and O–H groups in total. The van der Waals surface area contributed by atoms with Gasteiger partial charge in [0.05, 0.1) is 0 Å². The third-order valence-electron chi connectivity index (χ3n) is 7.33. The maximum absolute atomic E-state index is 12.9. The van der Waals surface area contributed by atoms with Gasteiger partial charge in [0.1, 0.15) is 0 Å². The number of nitrogens with zero attached hydrogens (tertiary/aromatic N) is 1. The standard InChI is InChI=1S/C31H31N3O/c1-2-21-8-6-12-28-27-16-13-24(19-29(27)33-31(21)28)32-30(35)17-18-34(25-14-15-25)20-23-10-5-9-22-7-3-4-11-26(22)23/h3-13,16,19,25,33H,2,14-15,17-18,20H2,1H3,(H,32,35). The molecule has 4 aromatic carbocycles. The molecule has 0 unspecified atom stereocenters. The summed E-state index contributed by atoms with van der Waals surface area (Å²) in [6.07, 6.45) is 3.93. The molecular weight excluding hydrogens is 430 g/mol. The minimum atomic E-state index is 0.0679. The predicted molar refractivity (Wildman–Crippen MR) is 146 cm³/mol. The molecule has 1 saturated carbocycles. The second-order valence-corrected chi connectivity index (χ2v) is 9.72. The summed E-state index contributed by atoms with van der Waals surface area (Å²) in [5.74, 6) is 0.0679. The second-order valence-electron chi connectivity index (χ2n) is 9.72. The Hall–Kier alpha value is -3.63. The number of carbonyl (C=O) groups is 1. The fourth-order valence-electron chi connectivity index (χ4n) is 5.31. The van der Waals surface area contributed by atoms with E-state index < -0.39 is 0 Å². The number of aryl methyl sites for hydroxylation is 1. The van der Waals surface area contributed by atoms with Gasteiger partial charge in [-0.05, 0) is 53.3 Å². The van der Waals surface area contributed by atoms with Crippen LogP contribution in [0.3, 0.4) is 0 Å². The van der Waals surface area contributed by atoms with Crippen LogP contribution in [0.5, 0.6) is 0 Å². The fraction of sp³-hybridized carbons (Fsp3) is 0.258. The van der Waals surface area contributed by atoms with Gasteiger partial charge in [0.15, 0.2) is 0 Å². The molecule has 1 aliphatic rings. The van der Waals surface area contributed by atoms with E-state index in [4.69, 9.17) is 0 Å². The van der Waals surface area contributed by atoms with Crippen molar-refractivity contribution < 1.29 is 4.79 Å². The Bertz CT molecular complexity index is 1520. The number of hydrogen-bond donors (Lipinski definition) is 2. The number of nitrogens with one attached hydrogen (secondary N) is 2. The van der Waals surface area contributed by atoms with E-state index in [0.29, 0.717) is 12.5 Å². The zero-order chi connectivity index (χ0) is 23.8. The van der Waals surface area contributed by atoms with Gasteiger partial charge in [0, 0.05) is 53.0 Å². The Kier molecular flexibility index (Phi) is 5.75. The van der Waals surface area contributed by atoms with Crippen LogP contribution in [0.15, 0.2) is 78.9 Å². The lowest BCUT2D eigenvalue weighted by Crippen LogP contribution is -2.29. The van der Waals surface area contributed by atoms with Gasteiger partial charge in [-0.2, -0.15) is 0 Å². The van der Waals surface area contributed by atoms with Crippen molar-refractivity contribution in [2.24, 2.45) is 0 Å². The van der Waals surface area contributed by atoms with Crippen LogP contribution in [-0.4, -0.2) is 28.4 Å². The highest BCUT2D eigenvalue weighted by atomic mass is 16.1. The predicted octanol–water partition coefficient (Wildman–Crippen LogP) is 7.03. The summed E-state index contributed by atoms with van der Waals surface area (Å²) in [6, 6.07) is 28.3. The molecular formula is C31H31N3O. The van der Waals surface area contributed by atoms with Crippen molar-refractivity contribution >= 4 is 44.2 Å². The van der Waals surface area contributed by atoms with E-state index in [9.17, 15) is 4.79 Å². The molecule has 1 amide bonds. The van der Waals surface area contributed by atoms with Crippen LogP contribution < -0.4 is 5.32 Å². The van der Waals surface area contributed by atoms with Crippen LogP contribution in [0, 0.1) is 0 Å². The summed E-state index contributed by atoms with van der Waals surface area (Å²) in [6.45, 7) is 3.84. The number of carbonyl (C=O) groups excluding carboxylic acids is 1. The summed E-state index contributed by atoms with van der Waals surface area (Å²) in [5.41, 5.74) is 5.76. The summed E-state index contributed by atoms with van der Waals surface area (Å²) < 4.78 is 0. The maximum Gasteiger partial charge on any atom is 0.225 e. The van der Waals surface area contributed by atoms with Crippen molar-refractivity contribution in [3.63, 3.8) is 0 Å². The quantitative estimate of drug-likeness (QED) is 0.261. The average molecular weight is 462 g/mol. The number of fused-ring (bicyclic) bond motifs is 4. The Morgan fingerprint density at radius 2 is 1.69 bits per heavy atom. The van der Waals surface area contributed by atoms with Crippen molar-refractivity contribution in [1.82, 2.24) is 9.88 Å². The van der Waals surface area contributed by atoms with Crippen LogP contribution in [-0.2, 0) is 17.8 Å². The molecule has 0 bridgehead atoms. The summed E-state index contributed by atoms with van der Waals surface area (Å²) in [7, 11) is 0. The number of amides is 1. The molecule has 0 spiro atoms. The van der Waals surface area contributed by atoms with Crippen LogP contribution >= 0.6 is 0 Å². The molecule has 4 heteroatoms. The van der Waals surface area contributed by atoms with Gasteiger partial charge in [-0.15, -0.1) is 0 Å². The number of para-hydroxylation sites is 1. The fourth-order valence-corrected chi connectivity index (χ4v) is 5.31. The molecule has 1 aromatic heterocycles. The second kappa shape index (κ2) is 9.20. The molecule has 1 aliphatic carbocycles. The van der Waals surface area contributed by atoms with Gasteiger partial charge in [0.25, 0.3) is 0 Å². The van der Waals surface area contributed by atoms with Crippen molar-refractivity contribution in [2.45, 2.75) is 45.2 Å². The van der Waals surface area contributed by atoms with Gasteiger partial charge in [-0.3, -0.25) is 9.69 Å². The molecule has 0 atom stereocenters. The van der Waals surface area contributed by atoms with E-state index in [1.807, 2.05) is 6.07 Å². The number of aromatic nitrogens is 1. The molecule has 35 heavy (non-hydrogen) atoms. The van der Waals surface area contributed by atoms with E-state index in [2.05, 4.69) is 94.9 Å². The normalized spacial score (nSPS) is 13.8. The highest BCUT2D eigenvalue weighted by molar-refractivity contribution is 6.09. The minimum Gasteiger partial charge on any atom is -0.354 e. The van der Waals surface area contributed by atoms with Crippen LogP contribution in [0.25, 0.3) is 32.6 Å². The van der Waals surface area contributed by atoms with Crippen molar-refractivity contribution in [3.8, 4) is 0 Å². The van der Waals surface area contributed by atoms with E-state index in [-0.39, 0.29) is 5.91 Å². The Morgan fingerprint density at radius 1 is 0.914 bits per heavy atom. The van der Waals surface area contributed by atoms with Crippen molar-refractivity contribution in [2.75, 3.05) is 11.9 Å². The molecule has 0 radical (unpaired) electrons. The van der Waals surface area contributed by atoms with Gasteiger partial charge in [-0.1, -0.05) is 73.7 Å². The number of benzene rings is 4. The molecule has 5 aromatic rings. The largest absolute Gasteiger partial charge is 0.354 e. The third-order valence-corrected chi connectivity index (χ3v) is 7.33. The zero-order valence-electron chi connectivity index (χ0n) is 20.2. The number of aromatic amines is 1. The molecule has 6 rings (SSSR count). The van der Waals surface area contributed by atoms with Crippen LogP contribution in [0.2, 0.25) is 0 Å². The summed E-state index contributed by atoms with van der Waals surface area (Å²) in [4.78, 5) is 18.9. The molecule has 0 saturated heterocycles. The smallest absolute Gasteiger partial charge is 0.225 e. The van der Waals surface area contributed by atoms with Gasteiger partial charge >= 0.3 is 0 Å². The Morgan fingerprint density at radius 3 is 2.54 bits per heavy atom. The molecule has 176 valence electrons. The lowest BCUT2D eigenvalue weighted by atomic mass is 10.0. The molecule has 1 heterocycles. The van der Waals surface area contributed by atoms with Gasteiger partial charge < -0.3 is 10.3 Å². The first-order chi connectivity index (χ1) is 17.2. The molecule has 4 nitrogen and oxygen atoms in total. The first-order valence-corrected chi connectivity index (χ1v) is 12.7. The lowest BCUT2D eigenvalue weighted by molar-refractivity contribution is -0.116. The van der Waals surface area contributed by atoms with Gasteiger partial charge in [0.2, 0.25) is 5.91 Å². The van der Waals surface area contributed by atoms with Crippen LogP contribution in [0.4, 0.5) is 5.69 Å². The summed E-state index contributed by atoms with van der Waals surface area (Å²) >= 11 is 0. The van der Waals surface area contributed by atoms with E-state index >= 15 is 0 Å². The van der Waals surface area contributed by atoms with Gasteiger partial charge in [-0.25, -0.2) is 0 Å². The minimum absolute atomic E-state index is 0.0679. The number of hydrogen-bond acceptors (Lipinski definition) is 2. The maximum atomic E-state index is 12.9. The average Bonchev–Trinajstić information content (AvgIpc) is 3.66. The SMILES string of the molecule is CCc1cccc2c1[nH]c1cc(NC(=O)CCN(Cc3cccc4ccccc34)C3CC3)ccc12. The molecule has 0 aliphatic heterocycles. The first-order valence-electron chi connectivity index (χ1n) is 12.7. The summed E-state index contributed by atoms with van der Waals surface area (Å²) in [5, 5.41) is 8.15. The highest BCUT2D eigenvalue weighted by Crippen LogP contribution is 2.31. The van der Waals surface area contributed by atoms with E-state index in [1.54, 1.807) is 0 Å². The third kappa shape index (κ3) is 4.42. The first kappa shape index (κ1) is 21.9. The molecule has 1 fully saturated rings. The lowest BCUT2D eigenvalue weighted by Gasteiger charge is -2.22. The number of rotatable bonds is 8. The van der Waals surface area contributed by atoms with E-state index in [1.165, 1.54) is 51.0 Å². The Balaban J connectivity index is 1.15. The monoisotopic (exact) mass is 461 g/mol. The highest BCUT2D eigenvalue weighted by Gasteiger charge is 2.29. The van der Waals surface area contributed by atoms with Crippen molar-refractivity contribution in [3.05, 3.63) is 90.0 Å². The van der Waals surface area contributed by atoms with Crippen LogP contribution in [0.1, 0.15) is 37.3 Å².